The van der Waals surface area contributed by atoms with E-state index in [0.29, 0.717) is 17.2 Å². The Bertz CT molecular complexity index is 809. The van der Waals surface area contributed by atoms with Crippen LogP contribution in [0.25, 0.3) is 0 Å². The van der Waals surface area contributed by atoms with E-state index in [2.05, 4.69) is 10.6 Å². The minimum Gasteiger partial charge on any atom is -0.495 e. The second-order valence-electron chi connectivity index (χ2n) is 5.14. The summed E-state index contributed by atoms with van der Waals surface area (Å²) < 4.78 is 15.5. The molecule has 0 saturated carbocycles. The van der Waals surface area contributed by atoms with Crippen molar-refractivity contribution in [2.75, 3.05) is 26.6 Å². The fourth-order valence-electron chi connectivity index (χ4n) is 2.25. The van der Waals surface area contributed by atoms with Gasteiger partial charge in [-0.1, -0.05) is 6.07 Å². The van der Waals surface area contributed by atoms with Crippen molar-refractivity contribution in [1.29, 1.82) is 0 Å². The lowest BCUT2D eigenvalue weighted by molar-refractivity contribution is -0.384. The van der Waals surface area contributed by atoms with Gasteiger partial charge >= 0.3 is 6.03 Å². The zero-order valence-corrected chi connectivity index (χ0v) is 14.6. The second-order valence-corrected chi connectivity index (χ2v) is 5.14. The monoisotopic (exact) mass is 361 g/mol. The fourth-order valence-corrected chi connectivity index (χ4v) is 2.25. The lowest BCUT2D eigenvalue weighted by Gasteiger charge is -2.12. The molecular formula is C17H19N3O6. The third-order valence-corrected chi connectivity index (χ3v) is 3.54. The summed E-state index contributed by atoms with van der Waals surface area (Å²) in [7, 11) is 4.47. The summed E-state index contributed by atoms with van der Waals surface area (Å²) in [6, 6.07) is 8.68. The number of amides is 2. The predicted octanol–water partition coefficient (Wildman–Crippen LogP) is 2.94. The predicted molar refractivity (Wildman–Crippen MR) is 95.1 cm³/mol. The molecule has 9 nitrogen and oxygen atoms in total. The van der Waals surface area contributed by atoms with Crippen LogP contribution in [0, 0.1) is 10.1 Å². The van der Waals surface area contributed by atoms with Crippen LogP contribution in [0.2, 0.25) is 0 Å². The summed E-state index contributed by atoms with van der Waals surface area (Å²) in [5, 5.41) is 16.1. The molecule has 0 heterocycles. The molecule has 0 bridgehead atoms. The smallest absolute Gasteiger partial charge is 0.319 e. The van der Waals surface area contributed by atoms with Gasteiger partial charge in [-0.05, 0) is 23.8 Å². The number of ether oxygens (including phenoxy) is 3. The van der Waals surface area contributed by atoms with Gasteiger partial charge in [0, 0.05) is 18.7 Å². The summed E-state index contributed by atoms with van der Waals surface area (Å²) in [5.41, 5.74) is 0.844. The molecule has 138 valence electrons. The highest BCUT2D eigenvalue weighted by atomic mass is 16.6. The van der Waals surface area contributed by atoms with Gasteiger partial charge in [0.2, 0.25) is 0 Å². The molecule has 2 aromatic rings. The SMILES string of the molecule is COc1ccc([N+](=O)[O-])cc1NC(=O)NCc1ccc(OC)c(OC)c1. The number of non-ortho nitro benzene ring substituents is 1. The molecule has 0 radical (unpaired) electrons. The number of nitro groups is 1. The summed E-state index contributed by atoms with van der Waals surface area (Å²) in [6.45, 7) is 0.226. The first-order chi connectivity index (χ1) is 12.5. The van der Waals surface area contributed by atoms with Crippen molar-refractivity contribution in [1.82, 2.24) is 5.32 Å². The third kappa shape index (κ3) is 4.53. The number of nitro benzene ring substituents is 1. The Morgan fingerprint density at radius 1 is 1.00 bits per heavy atom. The van der Waals surface area contributed by atoms with E-state index in [4.69, 9.17) is 14.2 Å². The highest BCUT2D eigenvalue weighted by molar-refractivity contribution is 5.91. The highest BCUT2D eigenvalue weighted by Crippen LogP contribution is 2.29. The van der Waals surface area contributed by atoms with E-state index in [9.17, 15) is 14.9 Å². The molecular weight excluding hydrogens is 342 g/mol. The van der Waals surface area contributed by atoms with Crippen molar-refractivity contribution in [2.45, 2.75) is 6.54 Å². The maximum atomic E-state index is 12.1. The molecule has 0 saturated heterocycles. The molecule has 0 aliphatic heterocycles. The van der Waals surface area contributed by atoms with Crippen LogP contribution in [0.3, 0.4) is 0 Å². The van der Waals surface area contributed by atoms with Gasteiger partial charge in [0.15, 0.2) is 11.5 Å². The van der Waals surface area contributed by atoms with E-state index in [-0.39, 0.29) is 17.9 Å². The molecule has 26 heavy (non-hydrogen) atoms. The van der Waals surface area contributed by atoms with E-state index in [1.165, 1.54) is 39.5 Å². The Labute approximate surface area is 150 Å². The number of anilines is 1. The first kappa shape index (κ1) is 18.8. The van der Waals surface area contributed by atoms with Crippen LogP contribution >= 0.6 is 0 Å². The lowest BCUT2D eigenvalue weighted by Crippen LogP contribution is -2.28. The highest BCUT2D eigenvalue weighted by Gasteiger charge is 2.14. The van der Waals surface area contributed by atoms with Crippen molar-refractivity contribution in [3.05, 3.63) is 52.1 Å². The minimum absolute atomic E-state index is 0.152. The maximum absolute atomic E-state index is 12.1. The quantitative estimate of drug-likeness (QED) is 0.579. The van der Waals surface area contributed by atoms with E-state index in [1.807, 2.05) is 0 Å². The molecule has 0 unspecified atom stereocenters. The van der Waals surface area contributed by atoms with Crippen LogP contribution in [-0.4, -0.2) is 32.3 Å². The number of hydrogen-bond acceptors (Lipinski definition) is 6. The zero-order valence-electron chi connectivity index (χ0n) is 14.6. The molecule has 0 spiro atoms. The third-order valence-electron chi connectivity index (χ3n) is 3.54. The van der Waals surface area contributed by atoms with Crippen LogP contribution < -0.4 is 24.8 Å². The summed E-state index contributed by atoms with van der Waals surface area (Å²) >= 11 is 0. The Kier molecular flexibility index (Phi) is 6.20. The number of carbonyl (C=O) groups excluding carboxylic acids is 1. The Morgan fingerprint density at radius 3 is 2.27 bits per heavy atom. The lowest BCUT2D eigenvalue weighted by atomic mass is 10.2. The largest absolute Gasteiger partial charge is 0.495 e. The Morgan fingerprint density at radius 2 is 1.65 bits per heavy atom. The number of urea groups is 1. The van der Waals surface area contributed by atoms with Crippen LogP contribution in [-0.2, 0) is 6.54 Å². The zero-order chi connectivity index (χ0) is 19.1. The number of nitrogens with one attached hydrogen (secondary N) is 2. The van der Waals surface area contributed by atoms with Gasteiger partial charge in [0.1, 0.15) is 5.75 Å². The molecule has 0 fully saturated rings. The molecule has 0 aliphatic rings. The molecule has 2 amide bonds. The first-order valence-corrected chi connectivity index (χ1v) is 7.56. The normalized spacial score (nSPS) is 9.96. The number of nitrogens with zero attached hydrogens (tertiary/aromatic N) is 1. The van der Waals surface area contributed by atoms with Gasteiger partial charge in [0.25, 0.3) is 5.69 Å². The van der Waals surface area contributed by atoms with Crippen molar-refractivity contribution in [3.8, 4) is 17.2 Å². The van der Waals surface area contributed by atoms with Crippen LogP contribution in [0.15, 0.2) is 36.4 Å². The molecule has 0 atom stereocenters. The standard InChI is InChI=1S/C17H19N3O6/c1-24-14-7-5-12(20(22)23)9-13(14)19-17(21)18-10-11-4-6-15(25-2)16(8-11)26-3/h4-9H,10H2,1-3H3,(H2,18,19,21). The Hall–Kier alpha value is -3.49. The average molecular weight is 361 g/mol. The molecule has 2 rings (SSSR count). The fraction of sp³-hybridized carbons (Fsp3) is 0.235. The molecule has 2 aromatic carbocycles. The molecule has 9 heteroatoms. The molecule has 0 aliphatic carbocycles. The van der Waals surface area contributed by atoms with E-state index < -0.39 is 11.0 Å². The maximum Gasteiger partial charge on any atom is 0.319 e. The second kappa shape index (κ2) is 8.56. The van der Waals surface area contributed by atoms with Crippen molar-refractivity contribution in [3.63, 3.8) is 0 Å². The number of carbonyl (C=O) groups is 1. The Balaban J connectivity index is 2.05. The average Bonchev–Trinajstić information content (AvgIpc) is 2.65. The minimum atomic E-state index is -0.549. The van der Waals surface area contributed by atoms with Gasteiger partial charge in [0.05, 0.1) is 31.9 Å². The van der Waals surface area contributed by atoms with E-state index in [1.54, 1.807) is 18.2 Å². The number of rotatable bonds is 7. The van der Waals surface area contributed by atoms with Crippen molar-refractivity contribution in [2.24, 2.45) is 0 Å². The summed E-state index contributed by atoms with van der Waals surface area (Å²) in [6.07, 6.45) is 0. The first-order valence-electron chi connectivity index (χ1n) is 7.56. The van der Waals surface area contributed by atoms with Gasteiger partial charge < -0.3 is 24.8 Å². The van der Waals surface area contributed by atoms with Gasteiger partial charge in [-0.2, -0.15) is 0 Å². The number of benzene rings is 2. The van der Waals surface area contributed by atoms with Gasteiger partial charge in [-0.25, -0.2) is 4.79 Å². The van der Waals surface area contributed by atoms with Crippen LogP contribution in [0.4, 0.5) is 16.2 Å². The number of methoxy groups -OCH3 is 3. The van der Waals surface area contributed by atoms with Crippen molar-refractivity contribution < 1.29 is 23.9 Å². The van der Waals surface area contributed by atoms with Crippen molar-refractivity contribution >= 4 is 17.4 Å². The number of hydrogen-bond donors (Lipinski definition) is 2. The van der Waals surface area contributed by atoms with E-state index in [0.717, 1.165) is 5.56 Å². The molecule has 2 N–H and O–H groups in total. The van der Waals surface area contributed by atoms with Crippen LogP contribution in [0.5, 0.6) is 17.2 Å². The summed E-state index contributed by atoms with van der Waals surface area (Å²) in [5.74, 6) is 1.45. The molecule has 0 aromatic heterocycles. The van der Waals surface area contributed by atoms with E-state index >= 15 is 0 Å². The summed E-state index contributed by atoms with van der Waals surface area (Å²) in [4.78, 5) is 22.4. The topological polar surface area (TPSA) is 112 Å². The van der Waals surface area contributed by atoms with Crippen LogP contribution in [0.1, 0.15) is 5.56 Å². The van der Waals surface area contributed by atoms with Gasteiger partial charge in [-0.3, -0.25) is 10.1 Å². The van der Waals surface area contributed by atoms with Gasteiger partial charge in [-0.15, -0.1) is 0 Å².